The largest absolute Gasteiger partial charge is 0.383 e. The summed E-state index contributed by atoms with van der Waals surface area (Å²) < 4.78 is 6.22. The van der Waals surface area contributed by atoms with Crippen LogP contribution in [0.4, 0.5) is 0 Å². The first-order valence-electron chi connectivity index (χ1n) is 10.6. The molecule has 2 heterocycles. The molecule has 3 rings (SSSR count). The van der Waals surface area contributed by atoms with Crippen LogP contribution in [0.2, 0.25) is 0 Å². The van der Waals surface area contributed by atoms with Gasteiger partial charge in [0.25, 0.3) is 11.5 Å². The van der Waals surface area contributed by atoms with E-state index >= 15 is 0 Å². The minimum Gasteiger partial charge on any atom is -0.383 e. The summed E-state index contributed by atoms with van der Waals surface area (Å²) in [6.45, 7) is 9.01. The van der Waals surface area contributed by atoms with Crippen molar-refractivity contribution in [1.82, 2.24) is 20.0 Å². The van der Waals surface area contributed by atoms with Gasteiger partial charge in [-0.2, -0.15) is 5.10 Å². The molecule has 30 heavy (non-hydrogen) atoms. The maximum absolute atomic E-state index is 12.4. The Hall–Kier alpha value is -2.51. The van der Waals surface area contributed by atoms with Gasteiger partial charge in [-0.15, -0.1) is 0 Å². The lowest BCUT2D eigenvalue weighted by molar-refractivity contribution is 0.0942. The molecule has 1 aliphatic heterocycles. The molecule has 1 N–H and O–H groups in total. The molecule has 0 bridgehead atoms. The zero-order chi connectivity index (χ0) is 21.5. The first-order chi connectivity index (χ1) is 14.4. The van der Waals surface area contributed by atoms with Crippen molar-refractivity contribution in [2.45, 2.75) is 39.9 Å². The zero-order valence-electron chi connectivity index (χ0n) is 18.1. The fraction of sp³-hybridized carbons (Fsp3) is 0.522. The number of carbonyl (C=O) groups is 1. The second-order valence-electron chi connectivity index (χ2n) is 8.41. The van der Waals surface area contributed by atoms with Crippen molar-refractivity contribution in [2.24, 2.45) is 11.8 Å². The van der Waals surface area contributed by atoms with Crippen LogP contribution in [0.5, 0.6) is 0 Å². The Bertz CT molecular complexity index is 884. The molecule has 0 saturated carbocycles. The number of hydrogen-bond donors (Lipinski definition) is 1. The molecule has 7 heteroatoms. The van der Waals surface area contributed by atoms with Gasteiger partial charge in [0.05, 0.1) is 13.2 Å². The lowest BCUT2D eigenvalue weighted by Gasteiger charge is -2.35. The molecule has 1 saturated heterocycles. The molecule has 2 aromatic rings. The van der Waals surface area contributed by atoms with Crippen molar-refractivity contribution in [3.05, 3.63) is 63.6 Å². The highest BCUT2D eigenvalue weighted by Crippen LogP contribution is 2.22. The number of rotatable bonds is 8. The molecule has 0 spiro atoms. The van der Waals surface area contributed by atoms with Gasteiger partial charge in [-0.25, -0.2) is 4.68 Å². The van der Waals surface area contributed by atoms with Gasteiger partial charge in [0.1, 0.15) is 5.69 Å². The van der Waals surface area contributed by atoms with E-state index < -0.39 is 0 Å². The number of ether oxygens (including phenoxy) is 1. The van der Waals surface area contributed by atoms with Gasteiger partial charge in [0.15, 0.2) is 0 Å². The van der Waals surface area contributed by atoms with E-state index in [0.717, 1.165) is 37.0 Å². The lowest BCUT2D eigenvalue weighted by Crippen LogP contribution is -2.38. The molecule has 1 aromatic carbocycles. The van der Waals surface area contributed by atoms with Crippen LogP contribution < -0.4 is 10.9 Å². The van der Waals surface area contributed by atoms with Crippen molar-refractivity contribution in [3.63, 3.8) is 0 Å². The van der Waals surface area contributed by atoms with Crippen LogP contribution >= 0.6 is 0 Å². The minimum absolute atomic E-state index is 0.218. The third kappa shape index (κ3) is 6.24. The van der Waals surface area contributed by atoms with Crippen LogP contribution in [0, 0.1) is 11.8 Å². The van der Waals surface area contributed by atoms with Crippen molar-refractivity contribution < 1.29 is 9.53 Å². The van der Waals surface area contributed by atoms with E-state index in [9.17, 15) is 9.59 Å². The number of methoxy groups -OCH3 is 1. The molecular formula is C23H32N4O3. The van der Waals surface area contributed by atoms with Gasteiger partial charge in [0, 0.05) is 39.4 Å². The van der Waals surface area contributed by atoms with E-state index in [1.54, 1.807) is 7.11 Å². The van der Waals surface area contributed by atoms with E-state index in [2.05, 4.69) is 53.4 Å². The SMILES string of the molecule is COCCn1nc(C(=O)NCc2ccc(CN3C[C@H](C)C[C@H](C)C3)cc2)ccc1=O. The van der Waals surface area contributed by atoms with Crippen LogP contribution in [0.3, 0.4) is 0 Å². The Labute approximate surface area is 178 Å². The highest BCUT2D eigenvalue weighted by atomic mass is 16.5. The van der Waals surface area contributed by atoms with Crippen LogP contribution in [0.15, 0.2) is 41.2 Å². The number of carbonyl (C=O) groups excluding carboxylic acids is 1. The maximum atomic E-state index is 12.4. The minimum atomic E-state index is -0.304. The van der Waals surface area contributed by atoms with E-state index in [0.29, 0.717) is 19.7 Å². The van der Waals surface area contributed by atoms with E-state index in [1.165, 1.54) is 28.8 Å². The fourth-order valence-electron chi connectivity index (χ4n) is 4.12. The number of amides is 1. The average molecular weight is 413 g/mol. The van der Waals surface area contributed by atoms with Gasteiger partial charge < -0.3 is 10.1 Å². The Morgan fingerprint density at radius 2 is 1.77 bits per heavy atom. The van der Waals surface area contributed by atoms with Gasteiger partial charge in [0.2, 0.25) is 0 Å². The summed E-state index contributed by atoms with van der Waals surface area (Å²) in [5.74, 6) is 1.20. The number of benzene rings is 1. The number of aromatic nitrogens is 2. The number of hydrogen-bond acceptors (Lipinski definition) is 5. The highest BCUT2D eigenvalue weighted by molar-refractivity contribution is 5.91. The maximum Gasteiger partial charge on any atom is 0.271 e. The quantitative estimate of drug-likeness (QED) is 0.720. The third-order valence-electron chi connectivity index (χ3n) is 5.43. The molecule has 1 fully saturated rings. The Balaban J connectivity index is 1.53. The molecule has 1 aliphatic rings. The third-order valence-corrected chi connectivity index (χ3v) is 5.43. The normalized spacial score (nSPS) is 19.6. The summed E-state index contributed by atoms with van der Waals surface area (Å²) in [5.41, 5.74) is 2.28. The number of likely N-dealkylation sites (tertiary alicyclic amines) is 1. The van der Waals surface area contributed by atoms with Gasteiger partial charge in [-0.05, 0) is 35.4 Å². The molecule has 0 radical (unpaired) electrons. The zero-order valence-corrected chi connectivity index (χ0v) is 18.1. The van der Waals surface area contributed by atoms with E-state index in [4.69, 9.17) is 4.74 Å². The summed E-state index contributed by atoms with van der Waals surface area (Å²) in [5, 5.41) is 6.99. The van der Waals surface area contributed by atoms with Crippen molar-refractivity contribution in [2.75, 3.05) is 26.8 Å². The molecule has 0 aliphatic carbocycles. The molecule has 1 amide bonds. The molecular weight excluding hydrogens is 380 g/mol. The Morgan fingerprint density at radius 3 is 2.43 bits per heavy atom. The summed E-state index contributed by atoms with van der Waals surface area (Å²) in [6.07, 6.45) is 1.31. The number of nitrogens with one attached hydrogen (secondary N) is 1. The summed E-state index contributed by atoms with van der Waals surface area (Å²) in [7, 11) is 1.56. The Kier molecular flexibility index (Phi) is 7.76. The van der Waals surface area contributed by atoms with E-state index in [1.807, 2.05) is 0 Å². The summed E-state index contributed by atoms with van der Waals surface area (Å²) in [6, 6.07) is 11.2. The van der Waals surface area contributed by atoms with Gasteiger partial charge >= 0.3 is 0 Å². The monoisotopic (exact) mass is 412 g/mol. The molecule has 2 atom stereocenters. The second-order valence-corrected chi connectivity index (χ2v) is 8.41. The topological polar surface area (TPSA) is 76.5 Å². The van der Waals surface area contributed by atoms with Crippen molar-refractivity contribution in [1.29, 1.82) is 0 Å². The summed E-state index contributed by atoms with van der Waals surface area (Å²) >= 11 is 0. The second kappa shape index (κ2) is 10.5. The fourth-order valence-corrected chi connectivity index (χ4v) is 4.12. The van der Waals surface area contributed by atoms with Gasteiger partial charge in [-0.3, -0.25) is 14.5 Å². The highest BCUT2D eigenvalue weighted by Gasteiger charge is 2.21. The van der Waals surface area contributed by atoms with Crippen molar-refractivity contribution in [3.8, 4) is 0 Å². The average Bonchev–Trinajstić information content (AvgIpc) is 2.71. The van der Waals surface area contributed by atoms with Gasteiger partial charge in [-0.1, -0.05) is 38.1 Å². The summed E-state index contributed by atoms with van der Waals surface area (Å²) in [4.78, 5) is 26.7. The number of piperidine rings is 1. The molecule has 0 unspecified atom stereocenters. The van der Waals surface area contributed by atoms with Crippen molar-refractivity contribution >= 4 is 5.91 Å². The van der Waals surface area contributed by atoms with Crippen LogP contribution in [-0.4, -0.2) is 47.4 Å². The number of nitrogens with zero attached hydrogens (tertiary/aromatic N) is 3. The predicted molar refractivity (Wildman–Crippen MR) is 116 cm³/mol. The van der Waals surface area contributed by atoms with Crippen LogP contribution in [0.25, 0.3) is 0 Å². The predicted octanol–water partition coefficient (Wildman–Crippen LogP) is 2.30. The smallest absolute Gasteiger partial charge is 0.271 e. The molecule has 162 valence electrons. The van der Waals surface area contributed by atoms with Crippen LogP contribution in [0.1, 0.15) is 41.9 Å². The molecule has 7 nitrogen and oxygen atoms in total. The molecule has 1 aromatic heterocycles. The Morgan fingerprint density at radius 1 is 1.10 bits per heavy atom. The standard InChI is InChI=1S/C23H32N4O3/c1-17-12-18(2)15-26(14-17)16-20-6-4-19(5-7-20)13-24-23(29)21-8-9-22(28)27(25-21)10-11-30-3/h4-9,17-18H,10-16H2,1-3H3,(H,24,29)/t17-,18+. The first kappa shape index (κ1) is 22.2. The lowest BCUT2D eigenvalue weighted by atomic mass is 9.91. The first-order valence-corrected chi connectivity index (χ1v) is 10.6. The van der Waals surface area contributed by atoms with Crippen LogP contribution in [-0.2, 0) is 24.4 Å². The van der Waals surface area contributed by atoms with E-state index in [-0.39, 0.29) is 17.2 Å².